The van der Waals surface area contributed by atoms with Crippen molar-refractivity contribution in [3.8, 4) is 0 Å². The maximum absolute atomic E-state index is 11.1. The number of hydrogen-bond donors (Lipinski definition) is 0. The summed E-state index contributed by atoms with van der Waals surface area (Å²) in [5.74, 6) is -0.340. The number of rotatable bonds is 6. The Morgan fingerprint density at radius 2 is 1.42 bits per heavy atom. The van der Waals surface area contributed by atoms with E-state index in [2.05, 4.69) is 4.84 Å². The second-order valence-electron chi connectivity index (χ2n) is 6.48. The van der Waals surface area contributed by atoms with E-state index in [-0.39, 0.29) is 47.5 Å². The van der Waals surface area contributed by atoms with Crippen molar-refractivity contribution in [2.24, 2.45) is 0 Å². The Bertz CT molecular complexity index is 519. The van der Waals surface area contributed by atoms with E-state index in [0.717, 1.165) is 0 Å². The van der Waals surface area contributed by atoms with Gasteiger partial charge in [0, 0.05) is 6.92 Å². The van der Waals surface area contributed by atoms with Gasteiger partial charge in [-0.05, 0) is 0 Å². The molecule has 4 aliphatic rings. The maximum Gasteiger partial charge on any atom is 0.303 e. The van der Waals surface area contributed by atoms with Gasteiger partial charge >= 0.3 is 5.97 Å². The van der Waals surface area contributed by atoms with Crippen LogP contribution in [-0.4, -0.2) is 84.6 Å². The molecule has 0 saturated carbocycles. The first-order valence-corrected chi connectivity index (χ1v) is 10.6. The molecule has 4 heterocycles. The molecule has 0 bridgehead atoms. The van der Waals surface area contributed by atoms with Gasteiger partial charge in [0.2, 0.25) is 0 Å². The van der Waals surface area contributed by atoms with Crippen molar-refractivity contribution >= 4 is 27.6 Å². The number of carbonyl (C=O) groups excluding carboxylic acids is 1. The molecule has 12 heteroatoms. The van der Waals surface area contributed by atoms with E-state index < -0.39 is 17.3 Å². The second-order valence-corrected chi connectivity index (χ2v) is 9.23. The van der Waals surface area contributed by atoms with E-state index in [4.69, 9.17) is 23.7 Å². The fraction of sp³-hybridized carbons (Fsp3) is 0.929. The largest absolute Gasteiger partial charge is 0.457 e. The van der Waals surface area contributed by atoms with Crippen LogP contribution in [0.4, 0.5) is 0 Å². The number of fused-ring (bicyclic) bond motifs is 2. The van der Waals surface area contributed by atoms with Crippen molar-refractivity contribution in [3.05, 3.63) is 10.1 Å². The van der Waals surface area contributed by atoms with Crippen molar-refractivity contribution < 1.29 is 38.4 Å². The molecule has 0 aliphatic carbocycles. The highest BCUT2D eigenvalue weighted by molar-refractivity contribution is 8.77. The fourth-order valence-corrected chi connectivity index (χ4v) is 6.77. The predicted molar refractivity (Wildman–Crippen MR) is 89.1 cm³/mol. The molecule has 0 amide bonds. The molecule has 8 atom stereocenters. The van der Waals surface area contributed by atoms with Gasteiger partial charge in [-0.3, -0.25) is 4.79 Å². The minimum Gasteiger partial charge on any atom is -0.457 e. The molecule has 0 aromatic rings. The summed E-state index contributed by atoms with van der Waals surface area (Å²) in [6, 6.07) is 0. The van der Waals surface area contributed by atoms with E-state index in [1.54, 1.807) is 21.6 Å². The fourth-order valence-electron chi connectivity index (χ4n) is 3.68. The Morgan fingerprint density at radius 1 is 0.923 bits per heavy atom. The molecule has 26 heavy (non-hydrogen) atoms. The zero-order valence-corrected chi connectivity index (χ0v) is 15.5. The number of nitrogens with zero attached hydrogens (tertiary/aromatic N) is 1. The van der Waals surface area contributed by atoms with Gasteiger partial charge in [0.25, 0.3) is 5.09 Å². The van der Waals surface area contributed by atoms with Crippen molar-refractivity contribution in [1.29, 1.82) is 0 Å². The molecular weight excluding hydrogens is 390 g/mol. The topological polar surface area (TPSA) is 116 Å². The average molecular weight is 409 g/mol. The van der Waals surface area contributed by atoms with Crippen LogP contribution >= 0.6 is 21.6 Å². The van der Waals surface area contributed by atoms with Crippen LogP contribution < -0.4 is 0 Å². The maximum atomic E-state index is 11.1. The van der Waals surface area contributed by atoms with Crippen LogP contribution in [-0.2, 0) is 33.3 Å². The molecule has 4 fully saturated rings. The summed E-state index contributed by atoms with van der Waals surface area (Å²) in [4.78, 5) is 26.3. The van der Waals surface area contributed by atoms with Gasteiger partial charge in [-0.25, -0.2) is 0 Å². The number of carbonyl (C=O) groups is 1. The quantitative estimate of drug-likeness (QED) is 0.259. The second kappa shape index (κ2) is 7.68. The molecule has 4 rings (SSSR count). The van der Waals surface area contributed by atoms with Crippen LogP contribution in [0.15, 0.2) is 0 Å². The molecule has 0 spiro atoms. The van der Waals surface area contributed by atoms with E-state index in [1.165, 1.54) is 6.92 Å². The minimum atomic E-state index is -0.804. The Labute approximate surface area is 157 Å². The number of hydrogen-bond acceptors (Lipinski definition) is 11. The van der Waals surface area contributed by atoms with Gasteiger partial charge in [-0.1, -0.05) is 21.6 Å². The summed E-state index contributed by atoms with van der Waals surface area (Å²) in [6.07, 6.45) is -2.02. The van der Waals surface area contributed by atoms with Crippen LogP contribution in [0.25, 0.3) is 0 Å². The SMILES string of the molecule is CC(=O)O[C@@H]1CO[C@H]2[C@@H]1OC[C@@H]2SS[C@H]1CO[C@H]2[C@@H]1OC[C@H]2O[N+](=O)[O-]. The Morgan fingerprint density at radius 3 is 1.96 bits per heavy atom. The van der Waals surface area contributed by atoms with Crippen molar-refractivity contribution in [1.82, 2.24) is 0 Å². The zero-order valence-electron chi connectivity index (χ0n) is 13.9. The summed E-state index contributed by atoms with van der Waals surface area (Å²) in [7, 11) is 3.25. The zero-order chi connectivity index (χ0) is 18.3. The van der Waals surface area contributed by atoms with E-state index in [9.17, 15) is 14.9 Å². The van der Waals surface area contributed by atoms with E-state index in [1.807, 2.05) is 0 Å². The van der Waals surface area contributed by atoms with Crippen molar-refractivity contribution in [2.75, 3.05) is 26.4 Å². The van der Waals surface area contributed by atoms with Gasteiger partial charge in [-0.2, -0.15) is 0 Å². The van der Waals surface area contributed by atoms with Crippen LogP contribution in [0.5, 0.6) is 0 Å². The lowest BCUT2D eigenvalue weighted by Crippen LogP contribution is -2.33. The van der Waals surface area contributed by atoms with Crippen LogP contribution in [0.2, 0.25) is 0 Å². The molecule has 0 unspecified atom stereocenters. The monoisotopic (exact) mass is 409 g/mol. The third-order valence-corrected chi connectivity index (χ3v) is 8.00. The van der Waals surface area contributed by atoms with Gasteiger partial charge in [0.15, 0.2) is 12.2 Å². The highest BCUT2D eigenvalue weighted by Crippen LogP contribution is 2.45. The molecular formula is C14H19NO9S2. The Kier molecular flexibility index (Phi) is 5.48. The summed E-state index contributed by atoms with van der Waals surface area (Å²) >= 11 is 0. The third kappa shape index (κ3) is 3.62. The summed E-state index contributed by atoms with van der Waals surface area (Å²) in [5.41, 5.74) is 0. The highest BCUT2D eigenvalue weighted by atomic mass is 33.1. The van der Waals surface area contributed by atoms with Crippen LogP contribution in [0.1, 0.15) is 6.92 Å². The Hall–Kier alpha value is -0.790. The number of esters is 1. The number of ether oxygens (including phenoxy) is 5. The predicted octanol–water partition coefficient (Wildman–Crippen LogP) is 0.209. The summed E-state index contributed by atoms with van der Waals surface area (Å²) in [5, 5.41) is 9.88. The first-order valence-electron chi connectivity index (χ1n) is 8.30. The van der Waals surface area contributed by atoms with Crippen molar-refractivity contribution in [2.45, 2.75) is 54.0 Å². The standard InChI is InChI=1S/C14H19NO9S2/c1-6(16)23-7-2-19-13-9(4-21-11(7)13)25-26-10-5-22-12-8(24-15(17)18)3-20-14(10)12/h7-14H,2-5H2,1H3/t7-,8-,9+,10+,11-,12-,13-,14-/m1/s1. The smallest absolute Gasteiger partial charge is 0.303 e. The van der Waals surface area contributed by atoms with Gasteiger partial charge in [-0.15, -0.1) is 10.1 Å². The first kappa shape index (κ1) is 18.6. The van der Waals surface area contributed by atoms with Crippen molar-refractivity contribution in [3.63, 3.8) is 0 Å². The third-order valence-electron chi connectivity index (χ3n) is 4.77. The van der Waals surface area contributed by atoms with E-state index in [0.29, 0.717) is 19.8 Å². The molecule has 0 aromatic heterocycles. The lowest BCUT2D eigenvalue weighted by Gasteiger charge is -2.19. The molecule has 10 nitrogen and oxygen atoms in total. The normalized spacial score (nSPS) is 43.9. The lowest BCUT2D eigenvalue weighted by atomic mass is 10.1. The molecule has 0 N–H and O–H groups in total. The molecule has 4 aliphatic heterocycles. The van der Waals surface area contributed by atoms with Gasteiger partial charge in [0.05, 0.1) is 36.9 Å². The summed E-state index contributed by atoms with van der Waals surface area (Å²) < 4.78 is 28.1. The average Bonchev–Trinajstić information content (AvgIpc) is 3.30. The highest BCUT2D eigenvalue weighted by Gasteiger charge is 2.52. The first-order chi connectivity index (χ1) is 12.5. The van der Waals surface area contributed by atoms with Gasteiger partial charge in [0.1, 0.15) is 24.4 Å². The molecule has 0 radical (unpaired) electrons. The van der Waals surface area contributed by atoms with Crippen LogP contribution in [0.3, 0.4) is 0 Å². The van der Waals surface area contributed by atoms with Gasteiger partial charge < -0.3 is 28.5 Å². The molecule has 4 saturated heterocycles. The molecule has 146 valence electrons. The summed E-state index contributed by atoms with van der Waals surface area (Å²) in [6.45, 7) is 2.83. The molecule has 0 aromatic carbocycles. The lowest BCUT2D eigenvalue weighted by molar-refractivity contribution is -0.769. The van der Waals surface area contributed by atoms with Crippen LogP contribution in [0, 0.1) is 10.1 Å². The minimum absolute atomic E-state index is 0.0510. The van der Waals surface area contributed by atoms with E-state index >= 15 is 0 Å². The Balaban J connectivity index is 1.27.